The van der Waals surface area contributed by atoms with Gasteiger partial charge >= 0.3 is 0 Å². The zero-order valence-electron chi connectivity index (χ0n) is 12.8. The molecule has 1 aliphatic heterocycles. The van der Waals surface area contributed by atoms with Crippen LogP contribution < -0.4 is 10.5 Å². The summed E-state index contributed by atoms with van der Waals surface area (Å²) in [7, 11) is 1.62. The van der Waals surface area contributed by atoms with Gasteiger partial charge in [-0.05, 0) is 37.8 Å². The molecular weight excluding hydrogens is 284 g/mol. The maximum atomic E-state index is 12.4. The van der Waals surface area contributed by atoms with Crippen LogP contribution in [0.3, 0.4) is 0 Å². The van der Waals surface area contributed by atoms with E-state index in [2.05, 4.69) is 11.8 Å². The monoisotopic (exact) mass is 308 g/mol. The van der Waals surface area contributed by atoms with Crippen molar-refractivity contribution < 1.29 is 9.53 Å². The van der Waals surface area contributed by atoms with Crippen LogP contribution in [0, 0.1) is 0 Å². The number of nitrogens with two attached hydrogens (primary N) is 1. The lowest BCUT2D eigenvalue weighted by atomic mass is 10.0. The third kappa shape index (κ3) is 4.06. The second kappa shape index (κ2) is 7.59. The van der Waals surface area contributed by atoms with Gasteiger partial charge < -0.3 is 15.4 Å². The largest absolute Gasteiger partial charge is 0.496 e. The minimum Gasteiger partial charge on any atom is -0.496 e. The fraction of sp³-hybridized carbons (Fsp3) is 0.562. The van der Waals surface area contributed by atoms with Crippen molar-refractivity contribution in [2.24, 2.45) is 0 Å². The molecule has 1 saturated heterocycles. The van der Waals surface area contributed by atoms with Crippen LogP contribution in [-0.4, -0.2) is 36.3 Å². The van der Waals surface area contributed by atoms with E-state index in [-0.39, 0.29) is 5.91 Å². The van der Waals surface area contributed by atoms with E-state index in [4.69, 9.17) is 10.5 Å². The fourth-order valence-corrected chi connectivity index (χ4v) is 3.67. The van der Waals surface area contributed by atoms with Crippen LogP contribution >= 0.6 is 11.8 Å². The number of carbonyl (C=O) groups excluding carboxylic acids is 1. The summed E-state index contributed by atoms with van der Waals surface area (Å²) in [5.74, 6) is 1.42. The first-order chi connectivity index (χ1) is 10.2. The summed E-state index contributed by atoms with van der Waals surface area (Å²) in [6, 6.07) is 5.97. The quantitative estimate of drug-likeness (QED) is 0.670. The van der Waals surface area contributed by atoms with E-state index in [1.165, 1.54) is 18.2 Å². The third-order valence-corrected chi connectivity index (χ3v) is 5.00. The molecule has 1 aromatic rings. The molecule has 1 aliphatic rings. The van der Waals surface area contributed by atoms with Gasteiger partial charge in [-0.2, -0.15) is 0 Å². The van der Waals surface area contributed by atoms with E-state index in [1.807, 2.05) is 12.1 Å². The van der Waals surface area contributed by atoms with Crippen molar-refractivity contribution in [2.75, 3.05) is 25.1 Å². The lowest BCUT2D eigenvalue weighted by Crippen LogP contribution is -2.44. The molecule has 1 atom stereocenters. The molecule has 1 heterocycles. The Balaban J connectivity index is 1.97. The van der Waals surface area contributed by atoms with Crippen LogP contribution in [0.2, 0.25) is 0 Å². The number of nitrogen functional groups attached to an aromatic ring is 1. The lowest BCUT2D eigenvalue weighted by molar-refractivity contribution is -0.132. The maximum Gasteiger partial charge on any atom is 0.233 e. The Hall–Kier alpha value is -1.36. The number of amides is 1. The molecule has 0 radical (unpaired) electrons. The molecule has 21 heavy (non-hydrogen) atoms. The van der Waals surface area contributed by atoms with E-state index in [0.717, 1.165) is 36.5 Å². The van der Waals surface area contributed by atoms with Crippen LogP contribution in [0.25, 0.3) is 0 Å². The molecule has 0 saturated carbocycles. The number of ether oxygens (including phenoxy) is 1. The zero-order valence-corrected chi connectivity index (χ0v) is 13.6. The average Bonchev–Trinajstić information content (AvgIpc) is 2.53. The van der Waals surface area contributed by atoms with Gasteiger partial charge in [0, 0.05) is 29.2 Å². The predicted octanol–water partition coefficient (Wildman–Crippen LogP) is 3.16. The first-order valence-electron chi connectivity index (χ1n) is 7.51. The number of piperidine rings is 1. The summed E-state index contributed by atoms with van der Waals surface area (Å²) in [5, 5.41) is 0. The molecule has 1 fully saturated rings. The van der Waals surface area contributed by atoms with Crippen molar-refractivity contribution in [3.63, 3.8) is 0 Å². The molecule has 5 heteroatoms. The van der Waals surface area contributed by atoms with Crippen molar-refractivity contribution in [2.45, 2.75) is 43.5 Å². The van der Waals surface area contributed by atoms with Gasteiger partial charge in [0.1, 0.15) is 5.75 Å². The number of methoxy groups -OCH3 is 1. The maximum absolute atomic E-state index is 12.4. The number of carbonyl (C=O) groups is 1. The highest BCUT2D eigenvalue weighted by Crippen LogP contribution is 2.31. The minimum atomic E-state index is 0.227. The smallest absolute Gasteiger partial charge is 0.233 e. The van der Waals surface area contributed by atoms with Gasteiger partial charge in [0.25, 0.3) is 0 Å². The highest BCUT2D eigenvalue weighted by molar-refractivity contribution is 8.00. The van der Waals surface area contributed by atoms with Gasteiger partial charge in [-0.25, -0.2) is 0 Å². The highest BCUT2D eigenvalue weighted by atomic mass is 32.2. The zero-order chi connectivity index (χ0) is 15.2. The Morgan fingerprint density at radius 3 is 3.00 bits per heavy atom. The number of thioether (sulfide) groups is 1. The summed E-state index contributed by atoms with van der Waals surface area (Å²) >= 11 is 1.52. The fourth-order valence-electron chi connectivity index (χ4n) is 2.78. The molecule has 2 N–H and O–H groups in total. The number of hydrogen-bond donors (Lipinski definition) is 1. The highest BCUT2D eigenvalue weighted by Gasteiger charge is 2.25. The van der Waals surface area contributed by atoms with E-state index in [1.54, 1.807) is 13.2 Å². The van der Waals surface area contributed by atoms with Gasteiger partial charge in [0.15, 0.2) is 0 Å². The Morgan fingerprint density at radius 2 is 2.29 bits per heavy atom. The Morgan fingerprint density at radius 1 is 1.48 bits per heavy atom. The summed E-state index contributed by atoms with van der Waals surface area (Å²) in [6.07, 6.45) is 4.54. The predicted molar refractivity (Wildman–Crippen MR) is 87.8 cm³/mol. The van der Waals surface area contributed by atoms with Crippen LogP contribution in [0.15, 0.2) is 23.1 Å². The van der Waals surface area contributed by atoms with E-state index >= 15 is 0 Å². The number of nitrogens with zero attached hydrogens (tertiary/aromatic N) is 1. The molecule has 4 nitrogen and oxygen atoms in total. The molecule has 0 spiro atoms. The van der Waals surface area contributed by atoms with Gasteiger partial charge in [0.05, 0.1) is 12.9 Å². The van der Waals surface area contributed by atoms with Crippen molar-refractivity contribution >= 4 is 23.4 Å². The first kappa shape index (κ1) is 16.0. The molecule has 1 unspecified atom stereocenters. The molecule has 0 bridgehead atoms. The van der Waals surface area contributed by atoms with E-state index in [0.29, 0.717) is 17.5 Å². The molecular formula is C16H24N2O2S. The van der Waals surface area contributed by atoms with Crippen LogP contribution in [0.5, 0.6) is 5.75 Å². The van der Waals surface area contributed by atoms with Gasteiger partial charge in [-0.1, -0.05) is 6.92 Å². The normalized spacial score (nSPS) is 18.6. The molecule has 0 aliphatic carbocycles. The summed E-state index contributed by atoms with van der Waals surface area (Å²) in [5.41, 5.74) is 6.42. The Bertz CT molecular complexity index is 493. The molecule has 1 amide bonds. The van der Waals surface area contributed by atoms with E-state index in [9.17, 15) is 4.79 Å². The minimum absolute atomic E-state index is 0.227. The van der Waals surface area contributed by atoms with Gasteiger partial charge in [0.2, 0.25) is 5.91 Å². The number of anilines is 1. The SMILES string of the molecule is CCC1CCCCN1C(=O)CSc1ccc(N)cc1OC. The third-order valence-electron chi connectivity index (χ3n) is 3.96. The molecule has 1 aromatic carbocycles. The topological polar surface area (TPSA) is 55.6 Å². The standard InChI is InChI=1S/C16H24N2O2S/c1-3-13-6-4-5-9-18(13)16(19)11-21-15-8-7-12(17)10-14(15)20-2/h7-8,10,13H,3-6,9,11,17H2,1-2H3. The molecule has 2 rings (SSSR count). The second-order valence-corrected chi connectivity index (χ2v) is 6.36. The van der Waals surface area contributed by atoms with Gasteiger partial charge in [-0.3, -0.25) is 4.79 Å². The van der Waals surface area contributed by atoms with Crippen LogP contribution in [0.4, 0.5) is 5.69 Å². The summed E-state index contributed by atoms with van der Waals surface area (Å²) < 4.78 is 5.32. The summed E-state index contributed by atoms with van der Waals surface area (Å²) in [4.78, 5) is 15.5. The average molecular weight is 308 g/mol. The second-order valence-electron chi connectivity index (χ2n) is 5.34. The van der Waals surface area contributed by atoms with Gasteiger partial charge in [-0.15, -0.1) is 11.8 Å². The molecule has 116 valence electrons. The first-order valence-corrected chi connectivity index (χ1v) is 8.50. The van der Waals surface area contributed by atoms with Crippen molar-refractivity contribution in [1.82, 2.24) is 4.90 Å². The van der Waals surface area contributed by atoms with Crippen LogP contribution in [-0.2, 0) is 4.79 Å². The van der Waals surface area contributed by atoms with Crippen LogP contribution in [0.1, 0.15) is 32.6 Å². The van der Waals surface area contributed by atoms with Crippen molar-refractivity contribution in [1.29, 1.82) is 0 Å². The Labute approximate surface area is 131 Å². The number of rotatable bonds is 5. The van der Waals surface area contributed by atoms with Crippen molar-refractivity contribution in [3.05, 3.63) is 18.2 Å². The number of hydrogen-bond acceptors (Lipinski definition) is 4. The Kier molecular flexibility index (Phi) is 5.79. The summed E-state index contributed by atoms with van der Waals surface area (Å²) in [6.45, 7) is 3.06. The molecule has 0 aromatic heterocycles. The van der Waals surface area contributed by atoms with Crippen molar-refractivity contribution in [3.8, 4) is 5.75 Å². The number of benzene rings is 1. The van der Waals surface area contributed by atoms with E-state index < -0.39 is 0 Å². The number of likely N-dealkylation sites (tertiary alicyclic amines) is 1. The lowest BCUT2D eigenvalue weighted by Gasteiger charge is -2.35.